The lowest BCUT2D eigenvalue weighted by molar-refractivity contribution is -0.0214. The molecule has 14 heavy (non-hydrogen) atoms. The third-order valence-electron chi connectivity index (χ3n) is 2.93. The maximum Gasteiger partial charge on any atom is 0.0908 e. The molecule has 0 bridgehead atoms. The molecule has 1 aromatic rings. The molecule has 2 rings (SSSR count). The van der Waals surface area contributed by atoms with E-state index in [-0.39, 0.29) is 5.60 Å². The van der Waals surface area contributed by atoms with Crippen molar-refractivity contribution in [1.29, 1.82) is 0 Å². The fourth-order valence-electron chi connectivity index (χ4n) is 2.03. The molecule has 0 spiro atoms. The van der Waals surface area contributed by atoms with Crippen molar-refractivity contribution < 1.29 is 4.74 Å². The first kappa shape index (κ1) is 10.4. The molecule has 2 heteroatoms. The van der Waals surface area contributed by atoms with Crippen LogP contribution in [0.2, 0.25) is 0 Å². The van der Waals surface area contributed by atoms with Crippen LogP contribution in [0.5, 0.6) is 0 Å². The van der Waals surface area contributed by atoms with Gasteiger partial charge in [-0.1, -0.05) is 52.9 Å². The van der Waals surface area contributed by atoms with Gasteiger partial charge in [-0.25, -0.2) is 0 Å². The van der Waals surface area contributed by atoms with Gasteiger partial charge in [0.25, 0.3) is 0 Å². The molecule has 0 N–H and O–H groups in total. The number of hydrogen-bond donors (Lipinski definition) is 0. The van der Waals surface area contributed by atoms with Crippen LogP contribution in [0, 0.1) is 0 Å². The van der Waals surface area contributed by atoms with Crippen molar-refractivity contribution in [3.8, 4) is 0 Å². The van der Waals surface area contributed by atoms with Gasteiger partial charge in [0.2, 0.25) is 0 Å². The van der Waals surface area contributed by atoms with Crippen LogP contribution in [0.15, 0.2) is 30.3 Å². The second kappa shape index (κ2) is 4.19. The first-order valence-corrected chi connectivity index (χ1v) is 6.56. The summed E-state index contributed by atoms with van der Waals surface area (Å²) in [5, 5.41) is 0. The predicted octanol–water partition coefficient (Wildman–Crippen LogP) is 3.52. The second-order valence-corrected chi connectivity index (χ2v) is 4.91. The minimum absolute atomic E-state index is 0.0445. The Bertz CT molecular complexity index is 298. The third-order valence-corrected chi connectivity index (χ3v) is 3.91. The van der Waals surface area contributed by atoms with Crippen LogP contribution in [0.1, 0.15) is 25.3 Å². The first-order valence-electron chi connectivity index (χ1n) is 5.04. The fraction of sp³-hybridized carbons (Fsp3) is 0.500. The molecule has 0 aromatic heterocycles. The van der Waals surface area contributed by atoms with Crippen LogP contribution in [0.25, 0.3) is 0 Å². The molecule has 1 aliphatic heterocycles. The van der Waals surface area contributed by atoms with E-state index in [4.69, 9.17) is 4.74 Å². The largest absolute Gasteiger partial charge is 0.367 e. The molecule has 0 radical (unpaired) electrons. The average molecular weight is 302 g/mol. The SMILES string of the molecule is CC1(c2ccccc2)CCC(CI)O1. The molecule has 0 aliphatic carbocycles. The molecule has 0 amide bonds. The Hall–Kier alpha value is -0.0900. The van der Waals surface area contributed by atoms with E-state index < -0.39 is 0 Å². The highest BCUT2D eigenvalue weighted by Gasteiger charge is 2.36. The van der Waals surface area contributed by atoms with Gasteiger partial charge in [0.05, 0.1) is 11.7 Å². The Labute approximate surface area is 99.0 Å². The number of alkyl halides is 1. The fourth-order valence-corrected chi connectivity index (χ4v) is 2.65. The van der Waals surface area contributed by atoms with E-state index in [1.54, 1.807) is 0 Å². The zero-order chi connectivity index (χ0) is 10.0. The van der Waals surface area contributed by atoms with Crippen molar-refractivity contribution in [1.82, 2.24) is 0 Å². The molecular weight excluding hydrogens is 287 g/mol. The average Bonchev–Trinajstić information content (AvgIpc) is 2.63. The molecule has 76 valence electrons. The number of rotatable bonds is 2. The molecule has 2 atom stereocenters. The highest BCUT2D eigenvalue weighted by molar-refractivity contribution is 14.1. The van der Waals surface area contributed by atoms with E-state index in [9.17, 15) is 0 Å². The van der Waals surface area contributed by atoms with Gasteiger partial charge in [0, 0.05) is 4.43 Å². The summed E-state index contributed by atoms with van der Waals surface area (Å²) >= 11 is 2.40. The van der Waals surface area contributed by atoms with Gasteiger partial charge < -0.3 is 4.74 Å². The molecule has 1 saturated heterocycles. The maximum absolute atomic E-state index is 6.08. The summed E-state index contributed by atoms with van der Waals surface area (Å²) in [5.41, 5.74) is 1.27. The summed E-state index contributed by atoms with van der Waals surface area (Å²) in [6.45, 7) is 2.20. The molecular formula is C12H15IO. The Balaban J connectivity index is 2.19. The molecule has 1 aliphatic rings. The monoisotopic (exact) mass is 302 g/mol. The maximum atomic E-state index is 6.08. The quantitative estimate of drug-likeness (QED) is 0.600. The minimum Gasteiger partial charge on any atom is -0.367 e. The summed E-state index contributed by atoms with van der Waals surface area (Å²) in [5.74, 6) is 0. The van der Waals surface area contributed by atoms with Gasteiger partial charge in [-0.15, -0.1) is 0 Å². The number of benzene rings is 1. The Morgan fingerprint density at radius 3 is 2.71 bits per heavy atom. The number of ether oxygens (including phenoxy) is 1. The molecule has 0 saturated carbocycles. The van der Waals surface area contributed by atoms with Crippen LogP contribution in [-0.2, 0) is 10.3 Å². The molecule has 1 fully saturated rings. The Morgan fingerprint density at radius 2 is 2.14 bits per heavy atom. The number of halogens is 1. The smallest absolute Gasteiger partial charge is 0.0908 e. The zero-order valence-corrected chi connectivity index (χ0v) is 10.5. The number of hydrogen-bond acceptors (Lipinski definition) is 1. The van der Waals surface area contributed by atoms with E-state index in [0.29, 0.717) is 6.10 Å². The topological polar surface area (TPSA) is 9.23 Å². The highest BCUT2D eigenvalue weighted by Crippen LogP contribution is 2.39. The lowest BCUT2D eigenvalue weighted by Gasteiger charge is -2.25. The third kappa shape index (κ3) is 1.96. The summed E-state index contributed by atoms with van der Waals surface area (Å²) < 4.78 is 7.17. The van der Waals surface area contributed by atoms with Crippen LogP contribution >= 0.6 is 22.6 Å². The van der Waals surface area contributed by atoms with E-state index >= 15 is 0 Å². The van der Waals surface area contributed by atoms with Gasteiger partial charge in [-0.2, -0.15) is 0 Å². The van der Waals surface area contributed by atoms with Gasteiger partial charge in [0.15, 0.2) is 0 Å². The molecule has 2 unspecified atom stereocenters. The van der Waals surface area contributed by atoms with E-state index in [1.165, 1.54) is 12.0 Å². The van der Waals surface area contributed by atoms with Gasteiger partial charge >= 0.3 is 0 Å². The van der Waals surface area contributed by atoms with Crippen LogP contribution in [0.3, 0.4) is 0 Å². The second-order valence-electron chi connectivity index (χ2n) is 4.03. The summed E-state index contributed by atoms with van der Waals surface area (Å²) in [7, 11) is 0. The predicted molar refractivity (Wildman–Crippen MR) is 66.8 cm³/mol. The lowest BCUT2D eigenvalue weighted by Crippen LogP contribution is -2.22. The zero-order valence-electron chi connectivity index (χ0n) is 8.37. The lowest BCUT2D eigenvalue weighted by atomic mass is 9.93. The van der Waals surface area contributed by atoms with Crippen LogP contribution in [0.4, 0.5) is 0 Å². The van der Waals surface area contributed by atoms with Crippen LogP contribution < -0.4 is 0 Å². The Kier molecular flexibility index (Phi) is 3.12. The summed E-state index contributed by atoms with van der Waals surface area (Å²) in [4.78, 5) is 0. The molecule has 1 nitrogen and oxygen atoms in total. The van der Waals surface area contributed by atoms with E-state index in [0.717, 1.165) is 10.8 Å². The molecule has 1 aromatic carbocycles. The van der Waals surface area contributed by atoms with Gasteiger partial charge in [-0.3, -0.25) is 0 Å². The first-order chi connectivity index (χ1) is 6.74. The van der Waals surface area contributed by atoms with Crippen molar-refractivity contribution in [2.24, 2.45) is 0 Å². The van der Waals surface area contributed by atoms with E-state index in [1.807, 2.05) is 0 Å². The molecule has 1 heterocycles. The van der Waals surface area contributed by atoms with Crippen molar-refractivity contribution in [3.05, 3.63) is 35.9 Å². The standard InChI is InChI=1S/C12H15IO/c1-12(8-7-11(9-13)14-12)10-5-3-2-4-6-10/h2-6,11H,7-9H2,1H3. The van der Waals surface area contributed by atoms with Crippen molar-refractivity contribution >= 4 is 22.6 Å². The van der Waals surface area contributed by atoms with Gasteiger partial charge in [-0.05, 0) is 25.3 Å². The van der Waals surface area contributed by atoms with Gasteiger partial charge in [0.1, 0.15) is 0 Å². The summed E-state index contributed by atoms with van der Waals surface area (Å²) in [6.07, 6.45) is 2.78. The highest BCUT2D eigenvalue weighted by atomic mass is 127. The minimum atomic E-state index is -0.0445. The normalized spacial score (nSPS) is 32.0. The van der Waals surface area contributed by atoms with Crippen molar-refractivity contribution in [2.45, 2.75) is 31.5 Å². The van der Waals surface area contributed by atoms with Crippen LogP contribution in [-0.4, -0.2) is 10.5 Å². The van der Waals surface area contributed by atoms with E-state index in [2.05, 4.69) is 59.8 Å². The Morgan fingerprint density at radius 1 is 1.43 bits per heavy atom. The van der Waals surface area contributed by atoms with Crippen molar-refractivity contribution in [2.75, 3.05) is 4.43 Å². The summed E-state index contributed by atoms with van der Waals surface area (Å²) in [6, 6.07) is 10.5. The van der Waals surface area contributed by atoms with Crippen molar-refractivity contribution in [3.63, 3.8) is 0 Å².